The molecule has 0 aliphatic carbocycles. The zero-order chi connectivity index (χ0) is 18.4. The van der Waals surface area contributed by atoms with Crippen LogP contribution in [0.4, 0.5) is 5.69 Å². The van der Waals surface area contributed by atoms with Crippen LogP contribution in [0.2, 0.25) is 0 Å². The predicted molar refractivity (Wildman–Crippen MR) is 100 cm³/mol. The van der Waals surface area contributed by atoms with E-state index >= 15 is 0 Å². The Labute approximate surface area is 148 Å². The number of ether oxygens (including phenoxy) is 1. The second-order valence-electron chi connectivity index (χ2n) is 6.18. The highest BCUT2D eigenvalue weighted by Crippen LogP contribution is 2.21. The van der Waals surface area contributed by atoms with Crippen molar-refractivity contribution in [3.8, 4) is 0 Å². The number of rotatable bonds is 5. The number of hydrogen-bond donors (Lipinski definition) is 1. The Morgan fingerprint density at radius 2 is 1.68 bits per heavy atom. The lowest BCUT2D eigenvalue weighted by Crippen LogP contribution is -2.21. The molecule has 0 aliphatic heterocycles. The zero-order valence-electron chi connectivity index (χ0n) is 15.1. The van der Waals surface area contributed by atoms with Gasteiger partial charge in [0.05, 0.1) is 0 Å². The summed E-state index contributed by atoms with van der Waals surface area (Å²) in [6.07, 6.45) is 2.99. The van der Waals surface area contributed by atoms with E-state index < -0.39 is 5.97 Å². The van der Waals surface area contributed by atoms with E-state index in [0.29, 0.717) is 0 Å². The molecule has 0 atom stereocenters. The first kappa shape index (κ1) is 18.5. The third-order valence-corrected chi connectivity index (χ3v) is 3.74. The minimum Gasteiger partial charge on any atom is -0.452 e. The van der Waals surface area contributed by atoms with E-state index in [4.69, 9.17) is 4.74 Å². The number of carbonyl (C=O) groups is 2. The summed E-state index contributed by atoms with van der Waals surface area (Å²) in [6, 6.07) is 11.7. The topological polar surface area (TPSA) is 55.4 Å². The van der Waals surface area contributed by atoms with Gasteiger partial charge in [0.15, 0.2) is 6.61 Å². The van der Waals surface area contributed by atoms with E-state index in [-0.39, 0.29) is 12.5 Å². The van der Waals surface area contributed by atoms with E-state index in [0.717, 1.165) is 33.5 Å². The molecule has 0 spiro atoms. The van der Waals surface area contributed by atoms with Gasteiger partial charge in [-0.15, -0.1) is 0 Å². The van der Waals surface area contributed by atoms with E-state index in [9.17, 15) is 9.59 Å². The molecule has 2 rings (SSSR count). The molecule has 0 fully saturated rings. The summed E-state index contributed by atoms with van der Waals surface area (Å²) in [5, 5.41) is 2.80. The average molecular weight is 337 g/mol. The molecule has 2 aromatic rings. The van der Waals surface area contributed by atoms with Crippen molar-refractivity contribution in [3.05, 3.63) is 70.3 Å². The maximum Gasteiger partial charge on any atom is 0.331 e. The van der Waals surface area contributed by atoms with Crippen LogP contribution in [0.15, 0.2) is 42.5 Å². The number of nitrogens with one attached hydrogen (secondary N) is 1. The van der Waals surface area contributed by atoms with Gasteiger partial charge in [0.25, 0.3) is 5.91 Å². The maximum absolute atomic E-state index is 12.0. The van der Waals surface area contributed by atoms with Crippen molar-refractivity contribution < 1.29 is 14.3 Å². The second kappa shape index (κ2) is 8.29. The number of esters is 1. The summed E-state index contributed by atoms with van der Waals surface area (Å²) in [5.41, 5.74) is 5.89. The van der Waals surface area contributed by atoms with Crippen LogP contribution in [-0.4, -0.2) is 18.5 Å². The molecule has 0 aromatic heterocycles. The molecule has 0 heterocycles. The van der Waals surface area contributed by atoms with Gasteiger partial charge in [-0.2, -0.15) is 0 Å². The molecule has 25 heavy (non-hydrogen) atoms. The van der Waals surface area contributed by atoms with Crippen LogP contribution in [-0.2, 0) is 14.3 Å². The second-order valence-corrected chi connectivity index (χ2v) is 6.18. The molecule has 1 amide bonds. The van der Waals surface area contributed by atoms with Gasteiger partial charge in [-0.3, -0.25) is 4.79 Å². The number of benzene rings is 2. The molecule has 0 radical (unpaired) electrons. The van der Waals surface area contributed by atoms with Gasteiger partial charge in [-0.05, 0) is 50.5 Å². The summed E-state index contributed by atoms with van der Waals surface area (Å²) in [5.74, 6) is -0.902. The van der Waals surface area contributed by atoms with Gasteiger partial charge in [0.2, 0.25) is 0 Å². The standard InChI is InChI=1S/C21H23NO3/c1-14-6-5-7-18(12-14)8-9-20(24)25-13-19(23)22-21-16(3)10-15(2)11-17(21)4/h5-12H,13H2,1-4H3,(H,22,23)/b9-8+. The molecule has 1 N–H and O–H groups in total. The summed E-state index contributed by atoms with van der Waals surface area (Å²) in [7, 11) is 0. The van der Waals surface area contributed by atoms with Gasteiger partial charge >= 0.3 is 5.97 Å². The van der Waals surface area contributed by atoms with Crippen LogP contribution in [0, 0.1) is 27.7 Å². The van der Waals surface area contributed by atoms with Gasteiger partial charge in [0.1, 0.15) is 0 Å². The highest BCUT2D eigenvalue weighted by molar-refractivity contribution is 5.95. The third-order valence-electron chi connectivity index (χ3n) is 3.74. The smallest absolute Gasteiger partial charge is 0.331 e. The van der Waals surface area contributed by atoms with Gasteiger partial charge in [0, 0.05) is 11.8 Å². The zero-order valence-corrected chi connectivity index (χ0v) is 15.1. The summed E-state index contributed by atoms with van der Waals surface area (Å²) in [4.78, 5) is 23.8. The molecule has 0 unspecified atom stereocenters. The molecule has 4 heteroatoms. The maximum atomic E-state index is 12.0. The largest absolute Gasteiger partial charge is 0.452 e. The first-order chi connectivity index (χ1) is 11.8. The molecule has 0 aliphatic rings. The Morgan fingerprint density at radius 1 is 1.00 bits per heavy atom. The Kier molecular flexibility index (Phi) is 6.12. The number of carbonyl (C=O) groups excluding carboxylic acids is 2. The van der Waals surface area contributed by atoms with E-state index in [1.165, 1.54) is 6.08 Å². The Bertz CT molecular complexity index is 799. The summed E-state index contributed by atoms with van der Waals surface area (Å²) < 4.78 is 4.99. The summed E-state index contributed by atoms with van der Waals surface area (Å²) in [6.45, 7) is 7.55. The number of amides is 1. The van der Waals surface area contributed by atoms with Crippen molar-refractivity contribution in [1.82, 2.24) is 0 Å². The van der Waals surface area contributed by atoms with E-state index in [2.05, 4.69) is 5.32 Å². The van der Waals surface area contributed by atoms with Crippen LogP contribution in [0.5, 0.6) is 0 Å². The van der Waals surface area contributed by atoms with Gasteiger partial charge in [-0.1, -0.05) is 47.5 Å². The van der Waals surface area contributed by atoms with Crippen LogP contribution < -0.4 is 5.32 Å². The average Bonchev–Trinajstić information content (AvgIpc) is 2.54. The molecule has 0 saturated heterocycles. The molecular formula is C21H23NO3. The molecule has 0 saturated carbocycles. The lowest BCUT2D eigenvalue weighted by Gasteiger charge is -2.12. The van der Waals surface area contributed by atoms with Crippen molar-refractivity contribution in [2.24, 2.45) is 0 Å². The molecule has 0 bridgehead atoms. The fourth-order valence-electron chi connectivity index (χ4n) is 2.68. The fraction of sp³-hybridized carbons (Fsp3) is 0.238. The van der Waals surface area contributed by atoms with Crippen molar-refractivity contribution in [2.75, 3.05) is 11.9 Å². The molecule has 4 nitrogen and oxygen atoms in total. The summed E-state index contributed by atoms with van der Waals surface area (Å²) >= 11 is 0. The lowest BCUT2D eigenvalue weighted by molar-refractivity contribution is -0.142. The first-order valence-electron chi connectivity index (χ1n) is 8.14. The van der Waals surface area contributed by atoms with Crippen LogP contribution >= 0.6 is 0 Å². The Hall–Kier alpha value is -2.88. The van der Waals surface area contributed by atoms with Gasteiger partial charge in [-0.25, -0.2) is 4.79 Å². The number of hydrogen-bond acceptors (Lipinski definition) is 3. The monoisotopic (exact) mass is 337 g/mol. The molecule has 2 aromatic carbocycles. The van der Waals surface area contributed by atoms with Crippen LogP contribution in [0.3, 0.4) is 0 Å². The van der Waals surface area contributed by atoms with Gasteiger partial charge < -0.3 is 10.1 Å². The molecule has 130 valence electrons. The normalized spacial score (nSPS) is 10.7. The fourth-order valence-corrected chi connectivity index (χ4v) is 2.68. The van der Waals surface area contributed by atoms with Crippen molar-refractivity contribution in [1.29, 1.82) is 0 Å². The van der Waals surface area contributed by atoms with Crippen LogP contribution in [0.25, 0.3) is 6.08 Å². The predicted octanol–water partition coefficient (Wildman–Crippen LogP) is 4.12. The Morgan fingerprint density at radius 3 is 2.32 bits per heavy atom. The first-order valence-corrected chi connectivity index (χ1v) is 8.14. The van der Waals surface area contributed by atoms with Crippen LogP contribution in [0.1, 0.15) is 27.8 Å². The number of anilines is 1. The van der Waals surface area contributed by atoms with E-state index in [1.807, 2.05) is 64.1 Å². The van der Waals surface area contributed by atoms with Crippen molar-refractivity contribution in [3.63, 3.8) is 0 Å². The SMILES string of the molecule is Cc1cccc(/C=C/C(=O)OCC(=O)Nc2c(C)cc(C)cc2C)c1. The van der Waals surface area contributed by atoms with E-state index in [1.54, 1.807) is 6.08 Å². The minimum absolute atomic E-state index is 0.316. The highest BCUT2D eigenvalue weighted by atomic mass is 16.5. The van der Waals surface area contributed by atoms with Crippen molar-refractivity contribution >= 4 is 23.6 Å². The third kappa shape index (κ3) is 5.60. The quantitative estimate of drug-likeness (QED) is 0.660. The Balaban J connectivity index is 1.88. The minimum atomic E-state index is -0.547. The number of aryl methyl sites for hydroxylation is 4. The highest BCUT2D eigenvalue weighted by Gasteiger charge is 2.10. The lowest BCUT2D eigenvalue weighted by atomic mass is 10.1. The van der Waals surface area contributed by atoms with Crippen molar-refractivity contribution in [2.45, 2.75) is 27.7 Å². The molecular weight excluding hydrogens is 314 g/mol.